The van der Waals surface area contributed by atoms with E-state index in [2.05, 4.69) is 20.5 Å². The molecule has 1 aromatic carbocycles. The minimum atomic E-state index is -1.27. The van der Waals surface area contributed by atoms with E-state index in [0.29, 0.717) is 6.42 Å². The number of nitrogens with zero attached hydrogens (tertiary/aromatic N) is 2. The van der Waals surface area contributed by atoms with Gasteiger partial charge in [-0.1, -0.05) is 30.3 Å². The number of benzene rings is 1. The summed E-state index contributed by atoms with van der Waals surface area (Å²) < 4.78 is 11.2. The lowest BCUT2D eigenvalue weighted by Gasteiger charge is -2.29. The molecule has 1 atom stereocenters. The molecule has 0 aliphatic carbocycles. The Hall–Kier alpha value is -3.95. The van der Waals surface area contributed by atoms with Gasteiger partial charge in [-0.2, -0.15) is 0 Å². The number of hydrogen-bond donors (Lipinski definition) is 3. The van der Waals surface area contributed by atoms with Crippen LogP contribution in [0.25, 0.3) is 11.6 Å². The number of carboxylic acids is 1. The van der Waals surface area contributed by atoms with Gasteiger partial charge in [-0.05, 0) is 39.3 Å². The summed E-state index contributed by atoms with van der Waals surface area (Å²) in [6.45, 7) is 6.95. The molecule has 0 fully saturated rings. The summed E-state index contributed by atoms with van der Waals surface area (Å²) in [6, 6.07) is 11.6. The van der Waals surface area contributed by atoms with E-state index in [1.54, 1.807) is 27.7 Å². The van der Waals surface area contributed by atoms with Gasteiger partial charge in [0.05, 0.1) is 5.56 Å². The van der Waals surface area contributed by atoms with Crippen molar-refractivity contribution < 1.29 is 23.8 Å². The zero-order valence-corrected chi connectivity index (χ0v) is 18.1. The summed E-state index contributed by atoms with van der Waals surface area (Å²) in [6.07, 6.45) is -0.364. The number of nitrogens with one attached hydrogen (secondary N) is 2. The number of H-pyrrole nitrogens is 1. The van der Waals surface area contributed by atoms with E-state index >= 15 is 0 Å². The molecule has 0 aliphatic rings. The molecule has 1 amide bonds. The van der Waals surface area contributed by atoms with Crippen LogP contribution in [0.15, 0.2) is 51.7 Å². The monoisotopic (exact) mass is 440 g/mol. The quantitative estimate of drug-likeness (QED) is 0.530. The molecule has 32 heavy (non-hydrogen) atoms. The second kappa shape index (κ2) is 8.66. The first-order valence-electron chi connectivity index (χ1n) is 9.82. The summed E-state index contributed by atoms with van der Waals surface area (Å²) in [5.74, 6) is -1.30. The van der Waals surface area contributed by atoms with Gasteiger partial charge in [-0.3, -0.25) is 4.79 Å². The van der Waals surface area contributed by atoms with Crippen LogP contribution in [-0.4, -0.2) is 38.0 Å². The zero-order chi connectivity index (χ0) is 23.5. The van der Waals surface area contributed by atoms with Crippen LogP contribution >= 0.6 is 0 Å². The van der Waals surface area contributed by atoms with Crippen LogP contribution in [0.1, 0.15) is 49.5 Å². The average Bonchev–Trinajstić information content (AvgIpc) is 3.17. The fraction of sp³-hybridized carbons (Fsp3) is 0.318. The minimum absolute atomic E-state index is 0.0491. The predicted molar refractivity (Wildman–Crippen MR) is 114 cm³/mol. The maximum Gasteiger partial charge on any atom is 0.408 e. The molecule has 0 bridgehead atoms. The number of carbonyl (C=O) groups is 2. The highest BCUT2D eigenvalue weighted by Crippen LogP contribution is 2.28. The maximum atomic E-state index is 12.5. The van der Waals surface area contributed by atoms with Crippen molar-refractivity contribution in [2.75, 3.05) is 0 Å². The van der Waals surface area contributed by atoms with Crippen molar-refractivity contribution in [3.05, 3.63) is 69.8 Å². The van der Waals surface area contributed by atoms with Crippen LogP contribution in [-0.2, 0) is 16.7 Å². The molecule has 10 heteroatoms. The fourth-order valence-electron chi connectivity index (χ4n) is 3.04. The van der Waals surface area contributed by atoms with Crippen LogP contribution in [0.5, 0.6) is 0 Å². The molecular weight excluding hydrogens is 416 g/mol. The van der Waals surface area contributed by atoms with Crippen LogP contribution in [0.3, 0.4) is 0 Å². The minimum Gasteiger partial charge on any atom is -0.478 e. The summed E-state index contributed by atoms with van der Waals surface area (Å²) in [4.78, 5) is 38.1. The highest BCUT2D eigenvalue weighted by molar-refractivity contribution is 5.88. The molecule has 0 saturated heterocycles. The summed E-state index contributed by atoms with van der Waals surface area (Å²) in [7, 11) is 0. The summed E-state index contributed by atoms with van der Waals surface area (Å²) in [5.41, 5.74) is -1.77. The fourth-order valence-corrected chi connectivity index (χ4v) is 3.04. The molecule has 0 radical (unpaired) electrons. The molecular formula is C22H24N4O6. The van der Waals surface area contributed by atoms with Gasteiger partial charge in [-0.25, -0.2) is 9.59 Å². The lowest BCUT2D eigenvalue weighted by molar-refractivity contribution is 0.0443. The average molecular weight is 440 g/mol. The Morgan fingerprint density at radius 2 is 1.81 bits per heavy atom. The molecule has 3 aromatic rings. The van der Waals surface area contributed by atoms with Crippen LogP contribution in [0.4, 0.5) is 4.79 Å². The molecule has 10 nitrogen and oxygen atoms in total. The maximum absolute atomic E-state index is 12.5. The molecule has 0 aliphatic heterocycles. The Kier molecular flexibility index (Phi) is 6.15. The van der Waals surface area contributed by atoms with E-state index in [-0.39, 0.29) is 23.0 Å². The molecule has 168 valence electrons. The first-order valence-corrected chi connectivity index (χ1v) is 9.82. The van der Waals surface area contributed by atoms with Crippen molar-refractivity contribution in [1.29, 1.82) is 0 Å². The van der Waals surface area contributed by atoms with Crippen molar-refractivity contribution in [3.8, 4) is 11.6 Å². The van der Waals surface area contributed by atoms with E-state index < -0.39 is 28.8 Å². The lowest BCUT2D eigenvalue weighted by atomic mass is 9.92. The Morgan fingerprint density at radius 3 is 2.44 bits per heavy atom. The Balaban J connectivity index is 1.99. The van der Waals surface area contributed by atoms with Gasteiger partial charge in [0.2, 0.25) is 11.4 Å². The number of aromatic nitrogens is 3. The topological polar surface area (TPSA) is 147 Å². The van der Waals surface area contributed by atoms with Crippen molar-refractivity contribution in [2.24, 2.45) is 0 Å². The smallest absolute Gasteiger partial charge is 0.408 e. The van der Waals surface area contributed by atoms with Crippen molar-refractivity contribution in [1.82, 2.24) is 20.5 Å². The summed E-state index contributed by atoms with van der Waals surface area (Å²) >= 11 is 0. The molecule has 3 N–H and O–H groups in total. The highest BCUT2D eigenvalue weighted by Gasteiger charge is 2.36. The second-order valence-electron chi connectivity index (χ2n) is 8.49. The number of aromatic amines is 1. The van der Waals surface area contributed by atoms with Gasteiger partial charge in [0.1, 0.15) is 16.8 Å². The molecule has 0 unspecified atom stereocenters. The largest absolute Gasteiger partial charge is 0.478 e. The normalized spacial score (nSPS) is 13.2. The highest BCUT2D eigenvalue weighted by atomic mass is 16.6. The van der Waals surface area contributed by atoms with Crippen molar-refractivity contribution in [2.45, 2.75) is 45.3 Å². The van der Waals surface area contributed by atoms with Crippen molar-refractivity contribution >= 4 is 12.1 Å². The number of hydrogen-bond acceptors (Lipinski definition) is 7. The van der Waals surface area contributed by atoms with E-state index in [9.17, 15) is 19.5 Å². The van der Waals surface area contributed by atoms with Gasteiger partial charge in [0.15, 0.2) is 0 Å². The van der Waals surface area contributed by atoms with Gasteiger partial charge in [-0.15, -0.1) is 10.2 Å². The standard InChI is InChI=1S/C22H24N4O6/c1-21(2,3)32-20(30)24-22(4,12-13-8-6-5-7-9-13)19-26-25-17(31-19)15-10-14(18(28)29)11-16(27)23-15/h5-11H,12H2,1-4H3,(H,23,27)(H,24,30)(H,28,29)/t22-/m0/s1. The van der Waals surface area contributed by atoms with Crippen LogP contribution in [0, 0.1) is 0 Å². The Morgan fingerprint density at radius 1 is 1.12 bits per heavy atom. The molecule has 0 saturated carbocycles. The molecule has 2 aromatic heterocycles. The van der Waals surface area contributed by atoms with Crippen LogP contribution in [0.2, 0.25) is 0 Å². The molecule has 0 spiro atoms. The van der Waals surface area contributed by atoms with Gasteiger partial charge >= 0.3 is 12.1 Å². The number of ether oxygens (including phenoxy) is 1. The number of rotatable bonds is 6. The first-order chi connectivity index (χ1) is 14.9. The third kappa shape index (κ3) is 5.60. The number of carboxylic acid groups (broad SMARTS) is 1. The summed E-state index contributed by atoms with van der Waals surface area (Å²) in [5, 5.41) is 20.0. The van der Waals surface area contributed by atoms with E-state index in [1.165, 1.54) is 6.07 Å². The number of amides is 1. The Labute approximate surface area is 183 Å². The Bertz CT molecular complexity index is 1180. The van der Waals surface area contributed by atoms with E-state index in [0.717, 1.165) is 11.6 Å². The van der Waals surface area contributed by atoms with Crippen LogP contribution < -0.4 is 10.9 Å². The molecule has 3 rings (SSSR count). The number of alkyl carbamates (subject to hydrolysis) is 1. The second-order valence-corrected chi connectivity index (χ2v) is 8.49. The van der Waals surface area contributed by atoms with Gasteiger partial charge in [0.25, 0.3) is 5.89 Å². The first kappa shape index (κ1) is 22.7. The molecule has 2 heterocycles. The van der Waals surface area contributed by atoms with Crippen molar-refractivity contribution in [3.63, 3.8) is 0 Å². The third-order valence-electron chi connectivity index (χ3n) is 4.40. The number of aromatic carboxylic acids is 1. The van der Waals surface area contributed by atoms with E-state index in [1.807, 2.05) is 30.3 Å². The van der Waals surface area contributed by atoms with E-state index in [4.69, 9.17) is 9.15 Å². The van der Waals surface area contributed by atoms with Gasteiger partial charge < -0.3 is 24.6 Å². The number of carbonyl (C=O) groups excluding carboxylic acids is 1. The zero-order valence-electron chi connectivity index (χ0n) is 18.1. The number of pyridine rings is 1. The SMILES string of the molecule is CC(C)(C)OC(=O)N[C@@](C)(Cc1ccccc1)c1nnc(-c2cc(C(=O)O)cc(=O)[nH]2)o1. The lowest BCUT2D eigenvalue weighted by Crippen LogP contribution is -2.47. The predicted octanol–water partition coefficient (Wildman–Crippen LogP) is 3.11. The van der Waals surface area contributed by atoms with Gasteiger partial charge in [0, 0.05) is 12.5 Å². The third-order valence-corrected chi connectivity index (χ3v) is 4.40.